The van der Waals surface area contributed by atoms with Crippen molar-refractivity contribution in [3.63, 3.8) is 0 Å². The third kappa shape index (κ3) is 3.35. The van der Waals surface area contributed by atoms with Crippen LogP contribution in [0.4, 0.5) is 0 Å². The quantitative estimate of drug-likeness (QED) is 0.691. The lowest BCUT2D eigenvalue weighted by molar-refractivity contribution is -0.121. The number of hydrogen-bond acceptors (Lipinski definition) is 2. The summed E-state index contributed by atoms with van der Waals surface area (Å²) in [7, 11) is 0. The summed E-state index contributed by atoms with van der Waals surface area (Å²) in [5.74, 6) is -0.0567. The van der Waals surface area contributed by atoms with Gasteiger partial charge in [-0.2, -0.15) is 0 Å². The molecule has 3 nitrogen and oxygen atoms in total. The third-order valence-corrected chi connectivity index (χ3v) is 2.37. The van der Waals surface area contributed by atoms with Gasteiger partial charge in [0.1, 0.15) is 0 Å². The Morgan fingerprint density at radius 3 is 2.54 bits per heavy atom. The molecule has 0 saturated carbocycles. The molecule has 13 heavy (non-hydrogen) atoms. The summed E-state index contributed by atoms with van der Waals surface area (Å²) in [6, 6.07) is 0. The van der Waals surface area contributed by atoms with E-state index in [0.717, 1.165) is 26.1 Å². The van der Waals surface area contributed by atoms with E-state index >= 15 is 0 Å². The Balaban J connectivity index is 2.38. The molecule has 0 aromatic heterocycles. The lowest BCUT2D eigenvalue weighted by Gasteiger charge is -2.25. The zero-order chi connectivity index (χ0) is 10.1. The fourth-order valence-electron chi connectivity index (χ4n) is 1.88. The summed E-state index contributed by atoms with van der Waals surface area (Å²) < 4.78 is 0. The minimum atomic E-state index is -0.142. The monoisotopic (exact) mass is 184 g/mol. The Hall–Kier alpha value is -0.570. The average molecular weight is 184 g/mol. The van der Waals surface area contributed by atoms with Crippen molar-refractivity contribution in [3.05, 3.63) is 0 Å². The van der Waals surface area contributed by atoms with Crippen LogP contribution in [-0.2, 0) is 4.79 Å². The molecule has 0 bridgehead atoms. The third-order valence-electron chi connectivity index (χ3n) is 2.37. The molecule has 0 spiro atoms. The van der Waals surface area contributed by atoms with Gasteiger partial charge in [-0.05, 0) is 18.4 Å². The first kappa shape index (κ1) is 10.5. The van der Waals surface area contributed by atoms with E-state index in [4.69, 9.17) is 5.73 Å². The molecule has 1 rings (SSSR count). The van der Waals surface area contributed by atoms with Gasteiger partial charge >= 0.3 is 0 Å². The Morgan fingerprint density at radius 1 is 1.54 bits per heavy atom. The SMILES string of the molecule is CC(C)(C)CN1CC[C@@H](C(N)=O)C1. The van der Waals surface area contributed by atoms with Gasteiger partial charge in [0.25, 0.3) is 0 Å². The standard InChI is InChI=1S/C10H20N2O/c1-10(2,3)7-12-5-4-8(6-12)9(11)13/h8H,4-7H2,1-3H3,(H2,11,13)/t8-/m1/s1. The Labute approximate surface area is 80.3 Å². The smallest absolute Gasteiger partial charge is 0.221 e. The van der Waals surface area contributed by atoms with E-state index in [9.17, 15) is 4.79 Å². The summed E-state index contributed by atoms with van der Waals surface area (Å²) in [4.78, 5) is 13.2. The van der Waals surface area contributed by atoms with Crippen molar-refractivity contribution in [3.8, 4) is 0 Å². The number of nitrogens with zero attached hydrogens (tertiary/aromatic N) is 1. The van der Waals surface area contributed by atoms with Gasteiger partial charge in [0.05, 0.1) is 5.92 Å². The molecule has 2 N–H and O–H groups in total. The first-order valence-corrected chi connectivity index (χ1v) is 4.90. The predicted molar refractivity (Wildman–Crippen MR) is 53.2 cm³/mol. The van der Waals surface area contributed by atoms with Crippen molar-refractivity contribution in [1.29, 1.82) is 0 Å². The van der Waals surface area contributed by atoms with Gasteiger partial charge in [-0.1, -0.05) is 20.8 Å². The maximum atomic E-state index is 10.9. The van der Waals surface area contributed by atoms with Crippen LogP contribution in [0.1, 0.15) is 27.2 Å². The minimum Gasteiger partial charge on any atom is -0.369 e. The summed E-state index contributed by atoms with van der Waals surface area (Å²) >= 11 is 0. The van der Waals surface area contributed by atoms with Crippen LogP contribution in [0.15, 0.2) is 0 Å². The van der Waals surface area contributed by atoms with Gasteiger partial charge in [-0.15, -0.1) is 0 Å². The molecule has 1 fully saturated rings. The molecule has 1 heterocycles. The molecule has 0 radical (unpaired) electrons. The average Bonchev–Trinajstić information content (AvgIpc) is 2.31. The van der Waals surface area contributed by atoms with Crippen LogP contribution in [-0.4, -0.2) is 30.4 Å². The molecule has 1 atom stereocenters. The van der Waals surface area contributed by atoms with E-state index in [2.05, 4.69) is 25.7 Å². The van der Waals surface area contributed by atoms with Crippen LogP contribution >= 0.6 is 0 Å². The number of hydrogen-bond donors (Lipinski definition) is 1. The summed E-state index contributed by atoms with van der Waals surface area (Å²) in [5.41, 5.74) is 5.57. The number of amides is 1. The van der Waals surface area contributed by atoms with E-state index < -0.39 is 0 Å². The molecular weight excluding hydrogens is 164 g/mol. The number of rotatable bonds is 2. The highest BCUT2D eigenvalue weighted by atomic mass is 16.1. The molecule has 0 unspecified atom stereocenters. The van der Waals surface area contributed by atoms with Crippen molar-refractivity contribution in [1.82, 2.24) is 4.90 Å². The molecule has 0 aliphatic carbocycles. The second kappa shape index (κ2) is 3.66. The van der Waals surface area contributed by atoms with Crippen molar-refractivity contribution in [2.45, 2.75) is 27.2 Å². The molecule has 76 valence electrons. The second-order valence-electron chi connectivity index (χ2n) is 5.18. The van der Waals surface area contributed by atoms with E-state index in [0.29, 0.717) is 5.41 Å². The van der Waals surface area contributed by atoms with Crippen LogP contribution in [0.25, 0.3) is 0 Å². The Morgan fingerprint density at radius 2 is 2.15 bits per heavy atom. The first-order chi connectivity index (χ1) is 5.88. The number of nitrogens with two attached hydrogens (primary N) is 1. The molecule has 1 saturated heterocycles. The van der Waals surface area contributed by atoms with Gasteiger partial charge in [0.15, 0.2) is 0 Å². The molecule has 1 aliphatic rings. The molecule has 1 aliphatic heterocycles. The number of primary amides is 1. The minimum absolute atomic E-state index is 0.0855. The Kier molecular flexibility index (Phi) is 2.96. The molecule has 0 aromatic rings. The zero-order valence-corrected chi connectivity index (χ0v) is 8.84. The first-order valence-electron chi connectivity index (χ1n) is 4.90. The van der Waals surface area contributed by atoms with Crippen molar-refractivity contribution >= 4 is 5.91 Å². The molecule has 0 aromatic carbocycles. The van der Waals surface area contributed by atoms with E-state index in [1.54, 1.807) is 0 Å². The van der Waals surface area contributed by atoms with Gasteiger partial charge in [-0.3, -0.25) is 4.79 Å². The molecular formula is C10H20N2O. The lowest BCUT2D eigenvalue weighted by atomic mass is 9.96. The fraction of sp³-hybridized carbons (Fsp3) is 0.900. The lowest BCUT2D eigenvalue weighted by Crippen LogP contribution is -2.32. The van der Waals surface area contributed by atoms with Gasteiger partial charge in [0.2, 0.25) is 5.91 Å². The van der Waals surface area contributed by atoms with Crippen LogP contribution in [0.3, 0.4) is 0 Å². The van der Waals surface area contributed by atoms with Crippen molar-refractivity contribution < 1.29 is 4.79 Å². The van der Waals surface area contributed by atoms with Gasteiger partial charge < -0.3 is 10.6 Å². The normalized spacial score (nSPS) is 25.0. The highest BCUT2D eigenvalue weighted by molar-refractivity contribution is 5.77. The number of carbonyl (C=O) groups is 1. The topological polar surface area (TPSA) is 46.3 Å². The zero-order valence-electron chi connectivity index (χ0n) is 8.84. The number of likely N-dealkylation sites (tertiary alicyclic amines) is 1. The van der Waals surface area contributed by atoms with Crippen LogP contribution in [0.5, 0.6) is 0 Å². The number of carbonyl (C=O) groups excluding carboxylic acids is 1. The molecule has 1 amide bonds. The van der Waals surface area contributed by atoms with E-state index in [1.807, 2.05) is 0 Å². The maximum Gasteiger partial charge on any atom is 0.221 e. The van der Waals surface area contributed by atoms with E-state index in [-0.39, 0.29) is 11.8 Å². The highest BCUT2D eigenvalue weighted by Gasteiger charge is 2.28. The maximum absolute atomic E-state index is 10.9. The van der Waals surface area contributed by atoms with Gasteiger partial charge in [0, 0.05) is 13.1 Å². The highest BCUT2D eigenvalue weighted by Crippen LogP contribution is 2.21. The summed E-state index contributed by atoms with van der Waals surface area (Å²) in [6.07, 6.45) is 0.936. The molecule has 3 heteroatoms. The largest absolute Gasteiger partial charge is 0.369 e. The Bertz CT molecular complexity index is 196. The van der Waals surface area contributed by atoms with E-state index in [1.165, 1.54) is 0 Å². The van der Waals surface area contributed by atoms with Crippen molar-refractivity contribution in [2.24, 2.45) is 17.1 Å². The summed E-state index contributed by atoms with van der Waals surface area (Å²) in [5, 5.41) is 0. The van der Waals surface area contributed by atoms with Gasteiger partial charge in [-0.25, -0.2) is 0 Å². The predicted octanol–water partition coefficient (Wildman–Crippen LogP) is 0.840. The van der Waals surface area contributed by atoms with Crippen LogP contribution in [0, 0.1) is 11.3 Å². The fourth-order valence-corrected chi connectivity index (χ4v) is 1.88. The van der Waals surface area contributed by atoms with Crippen LogP contribution < -0.4 is 5.73 Å². The van der Waals surface area contributed by atoms with Crippen molar-refractivity contribution in [2.75, 3.05) is 19.6 Å². The summed E-state index contributed by atoms with van der Waals surface area (Å²) in [6.45, 7) is 9.56. The van der Waals surface area contributed by atoms with Crippen LogP contribution in [0.2, 0.25) is 0 Å². The second-order valence-corrected chi connectivity index (χ2v) is 5.18.